The molecule has 0 aromatic heterocycles. The van der Waals surface area contributed by atoms with Gasteiger partial charge in [0.2, 0.25) is 10.0 Å². The molecule has 1 unspecified atom stereocenters. The molecular formula is C21H26N2O5S. The van der Waals surface area contributed by atoms with Crippen LogP contribution in [0.5, 0.6) is 0 Å². The smallest absolute Gasteiger partial charge is 0.325 e. The zero-order chi connectivity index (χ0) is 21.4. The Morgan fingerprint density at radius 2 is 1.52 bits per heavy atom. The lowest BCUT2D eigenvalue weighted by molar-refractivity contribution is -0.157. The molecule has 0 aliphatic carbocycles. The van der Waals surface area contributed by atoms with Crippen LogP contribution in [0.15, 0.2) is 65.6 Å². The lowest BCUT2D eigenvalue weighted by Gasteiger charge is -2.23. The quantitative estimate of drug-likeness (QED) is 0.610. The van der Waals surface area contributed by atoms with Gasteiger partial charge in [-0.15, -0.1) is 0 Å². The fourth-order valence-electron chi connectivity index (χ4n) is 2.57. The molecule has 7 nitrogen and oxygen atoms in total. The van der Waals surface area contributed by atoms with E-state index < -0.39 is 34.0 Å². The molecule has 8 heteroatoms. The summed E-state index contributed by atoms with van der Waals surface area (Å²) in [5.74, 6) is -1.65. The summed E-state index contributed by atoms with van der Waals surface area (Å²) in [6.07, 6.45) is -0.786. The van der Waals surface area contributed by atoms with Crippen molar-refractivity contribution in [1.82, 2.24) is 4.72 Å². The number of nitrogens with one attached hydrogen (secondary N) is 2. The first-order valence-electron chi connectivity index (χ1n) is 9.38. The van der Waals surface area contributed by atoms with E-state index >= 15 is 0 Å². The molecule has 0 aliphatic rings. The van der Waals surface area contributed by atoms with Crippen LogP contribution >= 0.6 is 0 Å². The fraction of sp³-hybridized carbons (Fsp3) is 0.333. The van der Waals surface area contributed by atoms with E-state index in [4.69, 9.17) is 4.74 Å². The molecule has 156 valence electrons. The summed E-state index contributed by atoms with van der Waals surface area (Å²) in [6.45, 7) is 5.11. The summed E-state index contributed by atoms with van der Waals surface area (Å²) in [7, 11) is -3.91. The molecule has 2 rings (SSSR count). The third-order valence-electron chi connectivity index (χ3n) is 4.22. The monoisotopic (exact) mass is 418 g/mol. The maximum absolute atomic E-state index is 12.7. The van der Waals surface area contributed by atoms with Gasteiger partial charge < -0.3 is 10.1 Å². The highest BCUT2D eigenvalue weighted by molar-refractivity contribution is 7.89. The molecule has 0 bridgehead atoms. The number of amides is 1. The van der Waals surface area contributed by atoms with Gasteiger partial charge in [-0.25, -0.2) is 8.42 Å². The van der Waals surface area contributed by atoms with Crippen molar-refractivity contribution in [2.75, 3.05) is 5.32 Å². The number of benzene rings is 2. The van der Waals surface area contributed by atoms with Gasteiger partial charge in [-0.2, -0.15) is 4.72 Å². The number of sulfonamides is 1. The summed E-state index contributed by atoms with van der Waals surface area (Å²) in [5, 5.41) is 2.69. The van der Waals surface area contributed by atoms with E-state index in [1.54, 1.807) is 63.2 Å². The zero-order valence-electron chi connectivity index (χ0n) is 16.7. The fourth-order valence-corrected chi connectivity index (χ4v) is 3.93. The summed E-state index contributed by atoms with van der Waals surface area (Å²) in [5.41, 5.74) is 0.581. The van der Waals surface area contributed by atoms with E-state index in [2.05, 4.69) is 10.0 Å². The number of carbonyl (C=O) groups excluding carboxylic acids is 2. The number of esters is 1. The molecule has 2 N–H and O–H groups in total. The van der Waals surface area contributed by atoms with Crippen LogP contribution in [-0.4, -0.2) is 32.4 Å². The standard InChI is InChI=1S/C21H26N2O5S/c1-4-18(20(24)22-16-11-7-5-8-12-16)28-21(25)19(15(2)3)23-29(26,27)17-13-9-6-10-14-17/h5-15,18-19,23H,4H2,1-3H3,(H,22,24)/t18?,19-/m0/s1. The Kier molecular flexibility index (Phi) is 7.92. The van der Waals surface area contributed by atoms with Gasteiger partial charge in [-0.1, -0.05) is 57.2 Å². The minimum atomic E-state index is -3.91. The van der Waals surface area contributed by atoms with Gasteiger partial charge >= 0.3 is 5.97 Å². The van der Waals surface area contributed by atoms with Crippen molar-refractivity contribution in [2.24, 2.45) is 5.92 Å². The molecule has 0 aliphatic heterocycles. The number of hydrogen-bond donors (Lipinski definition) is 2. The van der Waals surface area contributed by atoms with E-state index in [0.717, 1.165) is 0 Å². The second kappa shape index (κ2) is 10.2. The van der Waals surface area contributed by atoms with Crippen molar-refractivity contribution >= 4 is 27.6 Å². The van der Waals surface area contributed by atoms with Gasteiger partial charge in [0.25, 0.3) is 5.91 Å². The first-order valence-corrected chi connectivity index (χ1v) is 10.9. The zero-order valence-corrected chi connectivity index (χ0v) is 17.5. The van der Waals surface area contributed by atoms with Crippen molar-refractivity contribution < 1.29 is 22.7 Å². The van der Waals surface area contributed by atoms with Gasteiger partial charge in [0.05, 0.1) is 4.90 Å². The second-order valence-electron chi connectivity index (χ2n) is 6.85. The summed E-state index contributed by atoms with van der Waals surface area (Å²) >= 11 is 0. The minimum Gasteiger partial charge on any atom is -0.451 e. The average molecular weight is 419 g/mol. The van der Waals surface area contributed by atoms with Crippen LogP contribution in [0.1, 0.15) is 27.2 Å². The highest BCUT2D eigenvalue weighted by Crippen LogP contribution is 2.15. The molecule has 1 amide bonds. The minimum absolute atomic E-state index is 0.0484. The van der Waals surface area contributed by atoms with Crippen molar-refractivity contribution in [2.45, 2.75) is 44.2 Å². The lowest BCUT2D eigenvalue weighted by Crippen LogP contribution is -2.47. The maximum atomic E-state index is 12.7. The van der Waals surface area contributed by atoms with Crippen LogP contribution in [0, 0.1) is 5.92 Å². The van der Waals surface area contributed by atoms with E-state index in [-0.39, 0.29) is 17.2 Å². The Morgan fingerprint density at radius 3 is 2.03 bits per heavy atom. The third kappa shape index (κ3) is 6.40. The predicted octanol–water partition coefficient (Wildman–Crippen LogP) is 2.95. The highest BCUT2D eigenvalue weighted by atomic mass is 32.2. The number of hydrogen-bond acceptors (Lipinski definition) is 5. The SMILES string of the molecule is CCC(OC(=O)[C@@H](NS(=O)(=O)c1ccccc1)C(C)C)C(=O)Nc1ccccc1. The average Bonchev–Trinajstić information content (AvgIpc) is 2.71. The van der Waals surface area contributed by atoms with Gasteiger partial charge in [0.15, 0.2) is 6.10 Å². The molecule has 0 fully saturated rings. The van der Waals surface area contributed by atoms with Crippen LogP contribution in [-0.2, 0) is 24.3 Å². The third-order valence-corrected chi connectivity index (χ3v) is 5.68. The van der Waals surface area contributed by atoms with Gasteiger partial charge in [0, 0.05) is 5.69 Å². The normalized spacial score (nSPS) is 13.5. The van der Waals surface area contributed by atoms with E-state index in [9.17, 15) is 18.0 Å². The number of para-hydroxylation sites is 1. The van der Waals surface area contributed by atoms with Crippen LogP contribution in [0.25, 0.3) is 0 Å². The molecule has 0 heterocycles. The Bertz CT molecular complexity index is 915. The van der Waals surface area contributed by atoms with Gasteiger partial charge in [-0.05, 0) is 36.6 Å². The molecule has 0 saturated carbocycles. The predicted molar refractivity (Wildman–Crippen MR) is 111 cm³/mol. The second-order valence-corrected chi connectivity index (χ2v) is 8.56. The topological polar surface area (TPSA) is 102 Å². The lowest BCUT2D eigenvalue weighted by atomic mass is 10.1. The molecule has 2 aromatic rings. The first-order chi connectivity index (χ1) is 13.7. The molecule has 0 saturated heterocycles. The van der Waals surface area contributed by atoms with Crippen molar-refractivity contribution in [3.63, 3.8) is 0 Å². The largest absolute Gasteiger partial charge is 0.451 e. The van der Waals surface area contributed by atoms with Crippen LogP contribution in [0.4, 0.5) is 5.69 Å². The molecule has 0 spiro atoms. The highest BCUT2D eigenvalue weighted by Gasteiger charge is 2.32. The number of carbonyl (C=O) groups is 2. The summed E-state index contributed by atoms with van der Waals surface area (Å²) < 4.78 is 32.9. The Morgan fingerprint density at radius 1 is 0.966 bits per heavy atom. The van der Waals surface area contributed by atoms with Gasteiger partial charge in [-0.3, -0.25) is 9.59 Å². The number of anilines is 1. The Balaban J connectivity index is 2.10. The maximum Gasteiger partial charge on any atom is 0.325 e. The number of ether oxygens (including phenoxy) is 1. The molecule has 2 atom stereocenters. The summed E-state index contributed by atoms with van der Waals surface area (Å²) in [6, 6.07) is 15.4. The Labute approximate surface area is 171 Å². The van der Waals surface area contributed by atoms with E-state index in [1.165, 1.54) is 12.1 Å². The molecule has 0 radical (unpaired) electrons. The molecular weight excluding hydrogens is 392 g/mol. The molecule has 29 heavy (non-hydrogen) atoms. The van der Waals surface area contributed by atoms with Crippen LogP contribution in [0.2, 0.25) is 0 Å². The van der Waals surface area contributed by atoms with Gasteiger partial charge in [0.1, 0.15) is 6.04 Å². The first kappa shape index (κ1) is 22.6. The van der Waals surface area contributed by atoms with Crippen LogP contribution < -0.4 is 10.0 Å². The van der Waals surface area contributed by atoms with E-state index in [1.807, 2.05) is 6.07 Å². The Hall–Kier alpha value is -2.71. The number of rotatable bonds is 9. The van der Waals surface area contributed by atoms with Crippen molar-refractivity contribution in [3.8, 4) is 0 Å². The molecule has 2 aromatic carbocycles. The van der Waals surface area contributed by atoms with Crippen LogP contribution in [0.3, 0.4) is 0 Å². The van der Waals surface area contributed by atoms with Crippen molar-refractivity contribution in [1.29, 1.82) is 0 Å². The van der Waals surface area contributed by atoms with E-state index in [0.29, 0.717) is 5.69 Å². The summed E-state index contributed by atoms with van der Waals surface area (Å²) in [4.78, 5) is 25.2. The van der Waals surface area contributed by atoms with Crippen molar-refractivity contribution in [3.05, 3.63) is 60.7 Å².